The summed E-state index contributed by atoms with van der Waals surface area (Å²) in [6.45, 7) is 2.02. The van der Waals surface area contributed by atoms with Crippen LogP contribution in [0.5, 0.6) is 5.75 Å². The van der Waals surface area contributed by atoms with Gasteiger partial charge in [-0.05, 0) is 5.56 Å². The van der Waals surface area contributed by atoms with Gasteiger partial charge in [-0.1, -0.05) is 6.92 Å². The van der Waals surface area contributed by atoms with Crippen LogP contribution in [0.25, 0.3) is 11.0 Å². The van der Waals surface area contributed by atoms with Crippen LogP contribution in [0, 0.1) is 0 Å². The predicted octanol–water partition coefficient (Wildman–Crippen LogP) is 1.97. The van der Waals surface area contributed by atoms with Crippen molar-refractivity contribution >= 4 is 28.6 Å². The Hall–Kier alpha value is -3.69. The molecule has 10 nitrogen and oxygen atoms in total. The number of imidazole rings is 1. The van der Waals surface area contributed by atoms with Gasteiger partial charge in [-0.2, -0.15) is 9.97 Å². The molecule has 0 unspecified atom stereocenters. The van der Waals surface area contributed by atoms with Gasteiger partial charge in [0.1, 0.15) is 23.1 Å². The van der Waals surface area contributed by atoms with E-state index in [1.807, 2.05) is 30.9 Å². The second kappa shape index (κ2) is 6.56. The molecule has 0 radical (unpaired) electrons. The minimum absolute atomic E-state index is 0.0961. The molecule has 4 heterocycles. The van der Waals surface area contributed by atoms with Crippen LogP contribution in [-0.4, -0.2) is 41.6 Å². The fourth-order valence-corrected chi connectivity index (χ4v) is 2.90. The molecule has 0 amide bonds. The van der Waals surface area contributed by atoms with Crippen LogP contribution in [-0.2, 0) is 7.05 Å². The third kappa shape index (κ3) is 3.12. The summed E-state index contributed by atoms with van der Waals surface area (Å²) in [4.78, 5) is 24.9. The molecule has 4 aromatic heterocycles. The molecule has 0 aromatic carbocycles. The van der Waals surface area contributed by atoms with E-state index in [4.69, 9.17) is 10.5 Å². The van der Waals surface area contributed by atoms with Crippen molar-refractivity contribution < 1.29 is 4.74 Å². The molecule has 4 rings (SSSR count). The first-order chi connectivity index (χ1) is 13.0. The first kappa shape index (κ1) is 16.8. The number of hydrogen-bond acceptors (Lipinski definition) is 8. The van der Waals surface area contributed by atoms with Crippen LogP contribution in [0.15, 0.2) is 31.1 Å². The highest BCUT2D eigenvalue weighted by molar-refractivity contribution is 5.93. The molecule has 10 heteroatoms. The molecule has 0 spiro atoms. The number of anilines is 3. The van der Waals surface area contributed by atoms with E-state index >= 15 is 0 Å². The quantitative estimate of drug-likeness (QED) is 0.489. The number of ether oxygens (including phenoxy) is 1. The number of methoxy groups -OCH3 is 1. The molecule has 0 bridgehead atoms. The monoisotopic (exact) mass is 365 g/mol. The van der Waals surface area contributed by atoms with E-state index in [2.05, 4.69) is 35.2 Å². The summed E-state index contributed by atoms with van der Waals surface area (Å²) in [7, 11) is 3.48. The highest BCUT2D eigenvalue weighted by Gasteiger charge is 2.21. The molecule has 0 aliphatic rings. The molecule has 1 atom stereocenters. The zero-order valence-electron chi connectivity index (χ0n) is 15.1. The minimum Gasteiger partial charge on any atom is -0.494 e. The molecule has 0 aliphatic carbocycles. The van der Waals surface area contributed by atoms with Gasteiger partial charge in [0.05, 0.1) is 31.2 Å². The SMILES string of the molecule is COc1cnc([C@@H](C)c2c[nH]c3nc(N)nc(Nc4cn(C)cn4)c23)nc1. The van der Waals surface area contributed by atoms with Gasteiger partial charge in [-0.15, -0.1) is 0 Å². The summed E-state index contributed by atoms with van der Waals surface area (Å²) in [5.41, 5.74) is 7.45. The number of fused-ring (bicyclic) bond motifs is 1. The lowest BCUT2D eigenvalue weighted by molar-refractivity contribution is 0.409. The molecule has 4 N–H and O–H groups in total. The lowest BCUT2D eigenvalue weighted by Crippen LogP contribution is -2.05. The fraction of sp³-hybridized carbons (Fsp3) is 0.235. The van der Waals surface area contributed by atoms with Crippen LogP contribution in [0.2, 0.25) is 0 Å². The Morgan fingerprint density at radius 2 is 2.00 bits per heavy atom. The molecule has 0 saturated heterocycles. The van der Waals surface area contributed by atoms with Crippen molar-refractivity contribution in [2.24, 2.45) is 7.05 Å². The Balaban J connectivity index is 1.78. The number of nitrogens with one attached hydrogen (secondary N) is 2. The molecule has 4 aromatic rings. The zero-order valence-corrected chi connectivity index (χ0v) is 15.1. The van der Waals surface area contributed by atoms with Crippen molar-refractivity contribution in [1.29, 1.82) is 0 Å². The molecule has 138 valence electrons. The number of nitrogen functional groups attached to an aromatic ring is 1. The summed E-state index contributed by atoms with van der Waals surface area (Å²) in [5, 5.41) is 4.04. The Morgan fingerprint density at radius 1 is 1.22 bits per heavy atom. The van der Waals surface area contributed by atoms with E-state index in [1.54, 1.807) is 25.8 Å². The Labute approximate surface area is 154 Å². The molecular weight excluding hydrogens is 346 g/mol. The fourth-order valence-electron chi connectivity index (χ4n) is 2.90. The van der Waals surface area contributed by atoms with E-state index in [0.29, 0.717) is 28.9 Å². The van der Waals surface area contributed by atoms with Crippen LogP contribution in [0.3, 0.4) is 0 Å². The normalized spacial score (nSPS) is 12.3. The van der Waals surface area contributed by atoms with Gasteiger partial charge in [-0.3, -0.25) is 0 Å². The standard InChI is InChI=1S/C17H19N9O/c1-9(14-19-4-10(27-3)5-20-14)11-6-21-15-13(11)16(25-17(18)24-15)23-12-7-26(2)8-22-12/h4-9H,1-3H3,(H4,18,21,23,24,25)/t9-/m0/s1. The number of H-pyrrole nitrogens is 1. The average Bonchev–Trinajstić information content (AvgIpc) is 3.27. The number of aryl methyl sites for hydroxylation is 1. The number of aromatic amines is 1. The first-order valence-electron chi connectivity index (χ1n) is 8.30. The lowest BCUT2D eigenvalue weighted by Gasteiger charge is -2.12. The zero-order chi connectivity index (χ0) is 19.0. The first-order valence-corrected chi connectivity index (χ1v) is 8.30. The molecule has 0 aliphatic heterocycles. The van der Waals surface area contributed by atoms with Gasteiger partial charge >= 0.3 is 0 Å². The van der Waals surface area contributed by atoms with Crippen LogP contribution < -0.4 is 15.8 Å². The van der Waals surface area contributed by atoms with Gasteiger partial charge in [-0.25, -0.2) is 15.0 Å². The molecule has 0 fully saturated rings. The van der Waals surface area contributed by atoms with Crippen LogP contribution >= 0.6 is 0 Å². The van der Waals surface area contributed by atoms with Gasteiger partial charge in [0.15, 0.2) is 5.75 Å². The van der Waals surface area contributed by atoms with Gasteiger partial charge in [0.25, 0.3) is 0 Å². The summed E-state index contributed by atoms with van der Waals surface area (Å²) < 4.78 is 6.97. The molecule has 27 heavy (non-hydrogen) atoms. The summed E-state index contributed by atoms with van der Waals surface area (Å²) in [6, 6.07) is 0. The predicted molar refractivity (Wildman–Crippen MR) is 101 cm³/mol. The Bertz CT molecular complexity index is 1080. The summed E-state index contributed by atoms with van der Waals surface area (Å²) >= 11 is 0. The maximum atomic E-state index is 5.87. The maximum absolute atomic E-state index is 5.87. The van der Waals surface area contributed by atoms with Crippen molar-refractivity contribution in [2.45, 2.75) is 12.8 Å². The van der Waals surface area contributed by atoms with Crippen molar-refractivity contribution in [3.63, 3.8) is 0 Å². The highest BCUT2D eigenvalue weighted by Crippen LogP contribution is 2.33. The maximum Gasteiger partial charge on any atom is 0.224 e. The van der Waals surface area contributed by atoms with Gasteiger partial charge < -0.3 is 25.3 Å². The second-order valence-electron chi connectivity index (χ2n) is 6.15. The van der Waals surface area contributed by atoms with E-state index in [1.165, 1.54) is 0 Å². The molecular formula is C17H19N9O. The number of nitrogens with two attached hydrogens (primary N) is 1. The topological polar surface area (TPSA) is 132 Å². The van der Waals surface area contributed by atoms with Gasteiger partial charge in [0.2, 0.25) is 5.95 Å². The summed E-state index contributed by atoms with van der Waals surface area (Å²) in [5.74, 6) is 2.59. The van der Waals surface area contributed by atoms with Crippen LogP contribution in [0.1, 0.15) is 24.2 Å². The number of aromatic nitrogens is 7. The third-order valence-corrected chi connectivity index (χ3v) is 4.27. The van der Waals surface area contributed by atoms with Crippen molar-refractivity contribution in [3.8, 4) is 5.75 Å². The average molecular weight is 365 g/mol. The summed E-state index contributed by atoms with van der Waals surface area (Å²) in [6.07, 6.45) is 8.73. The minimum atomic E-state index is -0.0961. The van der Waals surface area contributed by atoms with Crippen molar-refractivity contribution in [3.05, 3.63) is 42.5 Å². The van der Waals surface area contributed by atoms with Crippen molar-refractivity contribution in [2.75, 3.05) is 18.2 Å². The van der Waals surface area contributed by atoms with Gasteiger partial charge in [0, 0.05) is 25.4 Å². The van der Waals surface area contributed by atoms with E-state index < -0.39 is 0 Å². The number of nitrogens with zero attached hydrogens (tertiary/aromatic N) is 6. The van der Waals surface area contributed by atoms with Crippen LogP contribution in [0.4, 0.5) is 17.6 Å². The van der Waals surface area contributed by atoms with E-state index in [-0.39, 0.29) is 11.9 Å². The van der Waals surface area contributed by atoms with Crippen molar-refractivity contribution in [1.82, 2.24) is 34.5 Å². The number of hydrogen-bond donors (Lipinski definition) is 3. The highest BCUT2D eigenvalue weighted by atomic mass is 16.5. The Kier molecular flexibility index (Phi) is 4.07. The smallest absolute Gasteiger partial charge is 0.224 e. The largest absolute Gasteiger partial charge is 0.494 e. The Morgan fingerprint density at radius 3 is 2.67 bits per heavy atom. The lowest BCUT2D eigenvalue weighted by atomic mass is 10.0. The third-order valence-electron chi connectivity index (χ3n) is 4.27. The van der Waals surface area contributed by atoms with E-state index in [0.717, 1.165) is 10.9 Å². The molecule has 0 saturated carbocycles. The number of rotatable bonds is 5. The van der Waals surface area contributed by atoms with E-state index in [9.17, 15) is 0 Å². The second-order valence-corrected chi connectivity index (χ2v) is 6.15.